The third-order valence-electron chi connectivity index (χ3n) is 2.69. The van der Waals surface area contributed by atoms with E-state index in [0.717, 1.165) is 0 Å². The van der Waals surface area contributed by atoms with Gasteiger partial charge in [0.2, 0.25) is 5.95 Å². The number of rotatable bonds is 8. The first-order chi connectivity index (χ1) is 10.5. The molecule has 0 aromatic carbocycles. The minimum atomic E-state index is -2.08. The molecule has 1 aromatic rings. The van der Waals surface area contributed by atoms with Gasteiger partial charge in [-0.3, -0.25) is 14.6 Å². The molecule has 22 heavy (non-hydrogen) atoms. The van der Waals surface area contributed by atoms with Gasteiger partial charge in [-0.1, -0.05) is 0 Å². The molecule has 1 aliphatic heterocycles. The molecule has 0 aliphatic carbocycles. The van der Waals surface area contributed by atoms with Crippen molar-refractivity contribution in [2.24, 2.45) is 0 Å². The van der Waals surface area contributed by atoms with Crippen molar-refractivity contribution in [3.8, 4) is 0 Å². The van der Waals surface area contributed by atoms with Crippen LogP contribution < -0.4 is 21.7 Å². The van der Waals surface area contributed by atoms with Gasteiger partial charge in [-0.15, -0.1) is 0 Å². The zero-order valence-electron chi connectivity index (χ0n) is 11.9. The Labute approximate surface area is 126 Å². The van der Waals surface area contributed by atoms with E-state index in [4.69, 9.17) is 20.0 Å². The van der Waals surface area contributed by atoms with Gasteiger partial charge in [0.1, 0.15) is 12.4 Å². The smallest absolute Gasteiger partial charge is 0.329 e. The van der Waals surface area contributed by atoms with Crippen LogP contribution in [0.15, 0.2) is 4.79 Å². The lowest BCUT2D eigenvalue weighted by atomic mass is 10.5. The van der Waals surface area contributed by atoms with Gasteiger partial charge in [0.15, 0.2) is 14.3 Å². The van der Waals surface area contributed by atoms with Gasteiger partial charge in [0.25, 0.3) is 5.56 Å². The fourth-order valence-corrected chi connectivity index (χ4v) is 2.22. The first-order valence-electron chi connectivity index (χ1n) is 6.50. The predicted octanol–water partition coefficient (Wildman–Crippen LogP) is -1.11. The Kier molecular flexibility index (Phi) is 5.37. The molecule has 2 rings (SSSR count). The van der Waals surface area contributed by atoms with Crippen LogP contribution in [0.25, 0.3) is 0 Å². The Balaban J connectivity index is 1.88. The topological polar surface area (TPSA) is 152 Å². The van der Waals surface area contributed by atoms with Gasteiger partial charge in [-0.05, 0) is 6.92 Å². The number of aromatic amines is 1. The number of H-pyrrole nitrogens is 1. The standard InChI is InChI=1S/C10H18N5O6P/c1-2-19-10(17,22-18)20-3-4-21-15-5-12-6-7(15)13-9(11)14-8(6)16/h12,17H,2-5,22H2,1H3,(H3,11,13,14,16). The van der Waals surface area contributed by atoms with Crippen LogP contribution in [0.1, 0.15) is 6.92 Å². The van der Waals surface area contributed by atoms with Crippen molar-refractivity contribution in [3.05, 3.63) is 10.4 Å². The molecule has 0 amide bonds. The van der Waals surface area contributed by atoms with Crippen molar-refractivity contribution in [2.45, 2.75) is 12.6 Å². The van der Waals surface area contributed by atoms with E-state index in [-0.39, 0.29) is 43.9 Å². The van der Waals surface area contributed by atoms with Crippen LogP contribution in [0.5, 0.6) is 0 Å². The highest BCUT2D eigenvalue weighted by atomic mass is 31.1. The van der Waals surface area contributed by atoms with Gasteiger partial charge in [-0.2, -0.15) is 4.98 Å². The van der Waals surface area contributed by atoms with E-state index in [2.05, 4.69) is 15.3 Å². The normalized spacial score (nSPS) is 16.7. The molecule has 0 spiro atoms. The second-order valence-electron chi connectivity index (χ2n) is 4.23. The van der Waals surface area contributed by atoms with Crippen molar-refractivity contribution < 1.29 is 24.0 Å². The average Bonchev–Trinajstić information content (AvgIpc) is 2.87. The Hall–Kier alpha value is -1.65. The minimum Gasteiger partial charge on any atom is -0.369 e. The summed E-state index contributed by atoms with van der Waals surface area (Å²) in [7, 11) is -1.69. The zero-order valence-corrected chi connectivity index (χ0v) is 13.0. The molecule has 11 nitrogen and oxygen atoms in total. The third-order valence-corrected chi connectivity index (χ3v) is 3.32. The molecule has 2 unspecified atom stereocenters. The van der Waals surface area contributed by atoms with E-state index < -0.39 is 19.7 Å². The quantitative estimate of drug-likeness (QED) is 0.261. The number of fused-ring (bicyclic) bond motifs is 1. The van der Waals surface area contributed by atoms with E-state index in [9.17, 15) is 14.5 Å². The Morgan fingerprint density at radius 2 is 2.27 bits per heavy atom. The number of nitrogens with two attached hydrogens (primary N) is 1. The maximum Gasteiger partial charge on any atom is 0.329 e. The molecule has 12 heteroatoms. The number of hydrogen-bond acceptors (Lipinski definition) is 10. The molecule has 0 fully saturated rings. The largest absolute Gasteiger partial charge is 0.369 e. The van der Waals surface area contributed by atoms with Crippen LogP contribution >= 0.6 is 8.46 Å². The highest BCUT2D eigenvalue weighted by molar-refractivity contribution is 7.25. The van der Waals surface area contributed by atoms with E-state index in [1.807, 2.05) is 0 Å². The highest BCUT2D eigenvalue weighted by Gasteiger charge is 2.28. The molecule has 2 heterocycles. The van der Waals surface area contributed by atoms with Crippen LogP contribution in [0, 0.1) is 0 Å². The Morgan fingerprint density at radius 1 is 1.50 bits per heavy atom. The third kappa shape index (κ3) is 3.76. The predicted molar refractivity (Wildman–Crippen MR) is 79.1 cm³/mol. The number of anilines is 3. The van der Waals surface area contributed by atoms with Crippen molar-refractivity contribution >= 4 is 25.9 Å². The lowest BCUT2D eigenvalue weighted by molar-refractivity contribution is -0.298. The van der Waals surface area contributed by atoms with Crippen molar-refractivity contribution in [1.29, 1.82) is 0 Å². The summed E-state index contributed by atoms with van der Waals surface area (Å²) < 4.78 is 20.7. The summed E-state index contributed by atoms with van der Waals surface area (Å²) in [5, 5.41) is 13.8. The first kappa shape index (κ1) is 16.7. The van der Waals surface area contributed by atoms with Gasteiger partial charge >= 0.3 is 5.71 Å². The van der Waals surface area contributed by atoms with E-state index in [0.29, 0.717) is 0 Å². The molecule has 2 atom stereocenters. The summed E-state index contributed by atoms with van der Waals surface area (Å²) in [6.07, 6.45) is 0. The van der Waals surface area contributed by atoms with E-state index >= 15 is 0 Å². The molecule has 124 valence electrons. The highest BCUT2D eigenvalue weighted by Crippen LogP contribution is 2.26. The number of aromatic nitrogens is 2. The fraction of sp³-hybridized carbons (Fsp3) is 0.600. The maximum atomic E-state index is 11.6. The summed E-state index contributed by atoms with van der Waals surface area (Å²) in [4.78, 5) is 23.3. The molecule has 0 saturated heterocycles. The fourth-order valence-electron chi connectivity index (χ4n) is 1.80. The van der Waals surface area contributed by atoms with Gasteiger partial charge in [0.05, 0.1) is 19.8 Å². The number of nitrogen functional groups attached to an aromatic ring is 1. The van der Waals surface area contributed by atoms with Crippen LogP contribution in [-0.4, -0.2) is 47.3 Å². The van der Waals surface area contributed by atoms with Crippen molar-refractivity contribution in [2.75, 3.05) is 42.6 Å². The van der Waals surface area contributed by atoms with Crippen LogP contribution in [0.2, 0.25) is 0 Å². The van der Waals surface area contributed by atoms with Gasteiger partial charge < -0.3 is 30.2 Å². The molecular weight excluding hydrogens is 317 g/mol. The molecule has 1 aromatic heterocycles. The monoisotopic (exact) mass is 335 g/mol. The van der Waals surface area contributed by atoms with Gasteiger partial charge in [-0.25, -0.2) is 5.06 Å². The minimum absolute atomic E-state index is 0.0182. The summed E-state index contributed by atoms with van der Waals surface area (Å²) in [6, 6.07) is 0. The molecule has 5 N–H and O–H groups in total. The molecule has 0 saturated carbocycles. The zero-order chi connectivity index (χ0) is 16.2. The molecule has 1 aliphatic rings. The van der Waals surface area contributed by atoms with Crippen molar-refractivity contribution in [3.63, 3.8) is 0 Å². The van der Waals surface area contributed by atoms with E-state index in [1.165, 1.54) is 5.06 Å². The summed E-state index contributed by atoms with van der Waals surface area (Å²) in [5.41, 5.74) is 3.25. The van der Waals surface area contributed by atoms with E-state index in [1.54, 1.807) is 6.92 Å². The summed E-state index contributed by atoms with van der Waals surface area (Å²) in [6.45, 7) is 1.94. The van der Waals surface area contributed by atoms with Gasteiger partial charge in [0, 0.05) is 0 Å². The number of aliphatic hydroxyl groups is 1. The summed E-state index contributed by atoms with van der Waals surface area (Å²) >= 11 is 0. The lowest BCUT2D eigenvalue weighted by Gasteiger charge is -2.22. The number of hydrogen-bond donors (Lipinski definition) is 4. The van der Waals surface area contributed by atoms with Crippen LogP contribution in [-0.2, 0) is 18.9 Å². The maximum absolute atomic E-state index is 11.6. The second-order valence-corrected chi connectivity index (χ2v) is 5.19. The second kappa shape index (κ2) is 7.07. The first-order valence-corrected chi connectivity index (χ1v) is 7.54. The SMILES string of the molecule is CCOC(O)(OCCON1CNc2c1nc(N)[nH]c2=O)[PH2]=O. The average molecular weight is 335 g/mol. The van der Waals surface area contributed by atoms with Crippen LogP contribution in [0.4, 0.5) is 17.5 Å². The molecular formula is C10H18N5O6P. The number of nitrogens with one attached hydrogen (secondary N) is 2. The molecule has 0 bridgehead atoms. The van der Waals surface area contributed by atoms with Crippen LogP contribution in [0.3, 0.4) is 0 Å². The Bertz CT molecular complexity index is 598. The number of nitrogens with zero attached hydrogens (tertiary/aromatic N) is 2. The summed E-state index contributed by atoms with van der Waals surface area (Å²) in [5.74, 6) is 0.230. The Morgan fingerprint density at radius 3 is 2.95 bits per heavy atom. The molecule has 0 radical (unpaired) electrons. The number of ether oxygens (including phenoxy) is 2. The number of hydroxylamine groups is 1. The van der Waals surface area contributed by atoms with Crippen molar-refractivity contribution in [1.82, 2.24) is 9.97 Å². The lowest BCUT2D eigenvalue weighted by Crippen LogP contribution is -2.32.